The van der Waals surface area contributed by atoms with Crippen LogP contribution in [0.25, 0.3) is 0 Å². The average molecular weight is 253 g/mol. The van der Waals surface area contributed by atoms with Crippen LogP contribution in [0.15, 0.2) is 17.5 Å². The number of piperazine rings is 1. The van der Waals surface area contributed by atoms with Crippen LogP contribution in [0.2, 0.25) is 0 Å². The van der Waals surface area contributed by atoms with Crippen molar-refractivity contribution < 1.29 is 4.79 Å². The van der Waals surface area contributed by atoms with Crippen LogP contribution in [-0.2, 0) is 0 Å². The van der Waals surface area contributed by atoms with E-state index < -0.39 is 0 Å². The number of rotatable bonds is 3. The number of thiophene rings is 1. The lowest BCUT2D eigenvalue weighted by molar-refractivity contribution is 0.0554. The Labute approximate surface area is 106 Å². The van der Waals surface area contributed by atoms with Crippen LogP contribution in [0.4, 0.5) is 0 Å². The van der Waals surface area contributed by atoms with Crippen molar-refractivity contribution in [1.29, 1.82) is 0 Å². The molecule has 1 aromatic rings. The van der Waals surface area contributed by atoms with Crippen LogP contribution < -0.4 is 5.32 Å². The van der Waals surface area contributed by atoms with Crippen LogP contribution in [-0.4, -0.2) is 62.0 Å². The maximum atomic E-state index is 12.2. The van der Waals surface area contributed by atoms with Gasteiger partial charge in [-0.3, -0.25) is 9.69 Å². The zero-order valence-corrected chi connectivity index (χ0v) is 11.2. The Bertz CT molecular complexity index is 366. The maximum Gasteiger partial charge on any atom is 0.264 e. The Morgan fingerprint density at radius 1 is 1.59 bits per heavy atom. The second-order valence-corrected chi connectivity index (χ2v) is 5.37. The number of nitrogens with zero attached hydrogens (tertiary/aromatic N) is 2. The van der Waals surface area contributed by atoms with E-state index in [9.17, 15) is 4.79 Å². The van der Waals surface area contributed by atoms with Crippen LogP contribution in [0.1, 0.15) is 9.67 Å². The fraction of sp³-hybridized carbons (Fsp3) is 0.583. The van der Waals surface area contributed by atoms with Gasteiger partial charge < -0.3 is 10.2 Å². The molecule has 1 aromatic heterocycles. The number of hydrogen-bond donors (Lipinski definition) is 1. The lowest BCUT2D eigenvalue weighted by atomic mass is 10.1. The zero-order chi connectivity index (χ0) is 12.3. The summed E-state index contributed by atoms with van der Waals surface area (Å²) in [5.41, 5.74) is 0. The molecule has 1 aliphatic heterocycles. The van der Waals surface area contributed by atoms with Crippen LogP contribution in [0.5, 0.6) is 0 Å². The molecule has 0 aromatic carbocycles. The molecule has 1 fully saturated rings. The number of amides is 1. The summed E-state index contributed by atoms with van der Waals surface area (Å²) in [7, 11) is 4.07. The summed E-state index contributed by atoms with van der Waals surface area (Å²) >= 11 is 1.52. The summed E-state index contributed by atoms with van der Waals surface area (Å²) in [4.78, 5) is 17.3. The lowest BCUT2D eigenvalue weighted by Crippen LogP contribution is -2.56. The quantitative estimate of drug-likeness (QED) is 0.862. The van der Waals surface area contributed by atoms with E-state index in [2.05, 4.69) is 17.3 Å². The fourth-order valence-electron chi connectivity index (χ4n) is 2.14. The molecule has 1 N–H and O–H groups in total. The molecule has 1 aliphatic rings. The first-order chi connectivity index (χ1) is 8.22. The molecule has 2 heterocycles. The largest absolute Gasteiger partial charge is 0.335 e. The van der Waals surface area contributed by atoms with E-state index in [1.807, 2.05) is 29.5 Å². The first kappa shape index (κ1) is 12.5. The van der Waals surface area contributed by atoms with Crippen molar-refractivity contribution in [3.8, 4) is 0 Å². The molecule has 17 heavy (non-hydrogen) atoms. The first-order valence-electron chi connectivity index (χ1n) is 5.90. The highest BCUT2D eigenvalue weighted by Gasteiger charge is 2.27. The fourth-order valence-corrected chi connectivity index (χ4v) is 2.83. The molecule has 1 saturated heterocycles. The molecule has 0 aliphatic carbocycles. The Hall–Kier alpha value is -0.910. The molecule has 1 amide bonds. The van der Waals surface area contributed by atoms with Gasteiger partial charge in [0.05, 0.1) is 4.88 Å². The molecule has 1 atom stereocenters. The number of nitrogens with one attached hydrogen (secondary N) is 1. The van der Waals surface area contributed by atoms with Crippen molar-refractivity contribution in [2.75, 3.05) is 40.3 Å². The highest BCUT2D eigenvalue weighted by atomic mass is 32.1. The van der Waals surface area contributed by atoms with Crippen molar-refractivity contribution in [3.05, 3.63) is 22.4 Å². The minimum atomic E-state index is 0.175. The summed E-state index contributed by atoms with van der Waals surface area (Å²) < 4.78 is 0. The molecule has 0 saturated carbocycles. The number of hydrogen-bond acceptors (Lipinski definition) is 4. The molecule has 94 valence electrons. The van der Waals surface area contributed by atoms with Crippen molar-refractivity contribution in [1.82, 2.24) is 15.1 Å². The van der Waals surface area contributed by atoms with E-state index in [4.69, 9.17) is 0 Å². The van der Waals surface area contributed by atoms with E-state index in [0.717, 1.165) is 31.1 Å². The maximum absolute atomic E-state index is 12.2. The second-order valence-electron chi connectivity index (χ2n) is 4.42. The lowest BCUT2D eigenvalue weighted by Gasteiger charge is -2.39. The SMILES string of the molecule is CNCC1CN(C(=O)c2cccs2)CCN1C. The molecule has 4 nitrogen and oxygen atoms in total. The van der Waals surface area contributed by atoms with Crippen molar-refractivity contribution in [2.45, 2.75) is 6.04 Å². The van der Waals surface area contributed by atoms with Crippen LogP contribution in [0, 0.1) is 0 Å². The molecule has 1 unspecified atom stereocenters. The van der Waals surface area contributed by atoms with Crippen molar-refractivity contribution in [3.63, 3.8) is 0 Å². The first-order valence-corrected chi connectivity index (χ1v) is 6.78. The minimum absolute atomic E-state index is 0.175. The van der Waals surface area contributed by atoms with E-state index in [1.165, 1.54) is 11.3 Å². The Morgan fingerprint density at radius 3 is 3.06 bits per heavy atom. The summed E-state index contributed by atoms with van der Waals surface area (Å²) in [6.45, 7) is 3.51. The summed E-state index contributed by atoms with van der Waals surface area (Å²) in [5, 5.41) is 5.14. The van der Waals surface area contributed by atoms with Crippen molar-refractivity contribution >= 4 is 17.2 Å². The minimum Gasteiger partial charge on any atom is -0.335 e. The highest BCUT2D eigenvalue weighted by molar-refractivity contribution is 7.12. The van der Waals surface area contributed by atoms with Gasteiger partial charge in [0.25, 0.3) is 5.91 Å². The van der Waals surface area contributed by atoms with Gasteiger partial charge >= 0.3 is 0 Å². The second kappa shape index (κ2) is 5.62. The zero-order valence-electron chi connectivity index (χ0n) is 10.3. The van der Waals surface area contributed by atoms with Gasteiger partial charge in [-0.1, -0.05) is 6.07 Å². The molecule has 5 heteroatoms. The molecule has 0 bridgehead atoms. The monoisotopic (exact) mass is 253 g/mol. The summed E-state index contributed by atoms with van der Waals surface area (Å²) in [5.74, 6) is 0.175. The third-order valence-corrected chi connectivity index (χ3v) is 4.09. The summed E-state index contributed by atoms with van der Waals surface area (Å²) in [6.07, 6.45) is 0. The van der Waals surface area contributed by atoms with Gasteiger partial charge in [-0.15, -0.1) is 11.3 Å². The van der Waals surface area contributed by atoms with Gasteiger partial charge in [-0.05, 0) is 25.5 Å². The molecule has 0 spiro atoms. The Morgan fingerprint density at radius 2 is 2.41 bits per heavy atom. The third-order valence-electron chi connectivity index (χ3n) is 3.24. The summed E-state index contributed by atoms with van der Waals surface area (Å²) in [6, 6.07) is 4.25. The predicted molar refractivity (Wildman–Crippen MR) is 70.6 cm³/mol. The van der Waals surface area contributed by atoms with Gasteiger partial charge in [0, 0.05) is 32.2 Å². The third kappa shape index (κ3) is 2.86. The van der Waals surface area contributed by atoms with Crippen molar-refractivity contribution in [2.24, 2.45) is 0 Å². The van der Waals surface area contributed by atoms with E-state index in [0.29, 0.717) is 6.04 Å². The van der Waals surface area contributed by atoms with E-state index >= 15 is 0 Å². The van der Waals surface area contributed by atoms with Gasteiger partial charge in [-0.2, -0.15) is 0 Å². The number of carbonyl (C=O) groups excluding carboxylic acids is 1. The van der Waals surface area contributed by atoms with Gasteiger partial charge in [0.2, 0.25) is 0 Å². The number of likely N-dealkylation sites (N-methyl/N-ethyl adjacent to an activating group) is 2. The normalized spacial score (nSPS) is 21.8. The van der Waals surface area contributed by atoms with E-state index in [-0.39, 0.29) is 5.91 Å². The Balaban J connectivity index is 2.00. The molecule has 2 rings (SSSR count). The number of carbonyl (C=O) groups is 1. The topological polar surface area (TPSA) is 35.6 Å². The van der Waals surface area contributed by atoms with Gasteiger partial charge in [-0.25, -0.2) is 0 Å². The van der Waals surface area contributed by atoms with Crippen LogP contribution >= 0.6 is 11.3 Å². The standard InChI is InChI=1S/C12H19N3OS/c1-13-8-10-9-15(6-5-14(10)2)12(16)11-4-3-7-17-11/h3-4,7,10,13H,5-6,8-9H2,1-2H3. The van der Waals surface area contributed by atoms with Gasteiger partial charge in [0.1, 0.15) is 0 Å². The smallest absolute Gasteiger partial charge is 0.264 e. The predicted octanol–water partition coefficient (Wildman–Crippen LogP) is 0.724. The molecular weight excluding hydrogens is 234 g/mol. The van der Waals surface area contributed by atoms with E-state index in [1.54, 1.807) is 0 Å². The van der Waals surface area contributed by atoms with Crippen LogP contribution in [0.3, 0.4) is 0 Å². The van der Waals surface area contributed by atoms with Gasteiger partial charge in [0.15, 0.2) is 0 Å². The molecular formula is C12H19N3OS. The highest BCUT2D eigenvalue weighted by Crippen LogP contribution is 2.15. The average Bonchev–Trinajstić information content (AvgIpc) is 2.85. The Kier molecular flexibility index (Phi) is 4.15. The molecule has 0 radical (unpaired) electrons.